The third-order valence-electron chi connectivity index (χ3n) is 2.65. The third kappa shape index (κ3) is 3.31. The van der Waals surface area contributed by atoms with Crippen molar-refractivity contribution in [3.63, 3.8) is 0 Å². The SMILES string of the molecule is C=C(NNc1cc(Cl)cc(Cl)c1)C1CCC(=O)N1. The molecule has 0 bridgehead atoms. The Kier molecular flexibility index (Phi) is 3.99. The number of benzene rings is 1. The molecular formula is C12H13Cl2N3O. The van der Waals surface area contributed by atoms with Gasteiger partial charge >= 0.3 is 0 Å². The van der Waals surface area contributed by atoms with Crippen molar-refractivity contribution >= 4 is 34.8 Å². The molecule has 6 heteroatoms. The van der Waals surface area contributed by atoms with Crippen molar-refractivity contribution in [2.45, 2.75) is 18.9 Å². The predicted octanol–water partition coefficient (Wildman–Crippen LogP) is 2.70. The summed E-state index contributed by atoms with van der Waals surface area (Å²) in [5.74, 6) is 0.0498. The van der Waals surface area contributed by atoms with Crippen LogP contribution in [-0.2, 0) is 4.79 Å². The van der Waals surface area contributed by atoms with E-state index < -0.39 is 0 Å². The van der Waals surface area contributed by atoms with E-state index in [1.54, 1.807) is 18.2 Å². The fraction of sp³-hybridized carbons (Fsp3) is 0.250. The largest absolute Gasteiger partial charge is 0.348 e. The molecular weight excluding hydrogens is 273 g/mol. The molecule has 1 amide bonds. The topological polar surface area (TPSA) is 53.2 Å². The van der Waals surface area contributed by atoms with Crippen molar-refractivity contribution in [1.82, 2.24) is 10.7 Å². The van der Waals surface area contributed by atoms with Crippen LogP contribution in [0.4, 0.5) is 5.69 Å². The number of nitrogens with one attached hydrogen (secondary N) is 3. The van der Waals surface area contributed by atoms with Crippen molar-refractivity contribution in [2.24, 2.45) is 0 Å². The van der Waals surface area contributed by atoms with E-state index in [9.17, 15) is 4.79 Å². The van der Waals surface area contributed by atoms with E-state index in [1.807, 2.05) is 0 Å². The zero-order chi connectivity index (χ0) is 13.1. The fourth-order valence-corrected chi connectivity index (χ4v) is 2.27. The highest BCUT2D eigenvalue weighted by Gasteiger charge is 2.22. The zero-order valence-corrected chi connectivity index (χ0v) is 11.1. The summed E-state index contributed by atoms with van der Waals surface area (Å²) in [7, 11) is 0. The van der Waals surface area contributed by atoms with Gasteiger partial charge in [0.05, 0.1) is 11.7 Å². The molecule has 0 aromatic heterocycles. The molecule has 3 N–H and O–H groups in total. The van der Waals surface area contributed by atoms with Crippen molar-refractivity contribution in [3.8, 4) is 0 Å². The second-order valence-corrected chi connectivity index (χ2v) is 4.97. The first-order chi connectivity index (χ1) is 8.54. The molecule has 1 fully saturated rings. The number of hydrogen-bond donors (Lipinski definition) is 3. The molecule has 0 spiro atoms. The van der Waals surface area contributed by atoms with Gasteiger partial charge in [-0.25, -0.2) is 0 Å². The van der Waals surface area contributed by atoms with Gasteiger partial charge in [-0.05, 0) is 24.6 Å². The number of hydrazine groups is 1. The highest BCUT2D eigenvalue weighted by Crippen LogP contribution is 2.22. The van der Waals surface area contributed by atoms with Crippen molar-refractivity contribution in [3.05, 3.63) is 40.5 Å². The Balaban J connectivity index is 1.91. The number of rotatable bonds is 4. The normalized spacial score (nSPS) is 18.3. The summed E-state index contributed by atoms with van der Waals surface area (Å²) < 4.78 is 0. The van der Waals surface area contributed by atoms with Crippen molar-refractivity contribution in [1.29, 1.82) is 0 Å². The zero-order valence-electron chi connectivity index (χ0n) is 9.59. The quantitative estimate of drug-likeness (QED) is 0.746. The van der Waals surface area contributed by atoms with Crippen LogP contribution >= 0.6 is 23.2 Å². The van der Waals surface area contributed by atoms with Crippen molar-refractivity contribution in [2.75, 3.05) is 5.43 Å². The molecule has 1 aromatic carbocycles. The molecule has 1 aromatic rings. The Bertz CT molecular complexity index is 470. The van der Waals surface area contributed by atoms with Gasteiger partial charge in [-0.2, -0.15) is 0 Å². The first-order valence-corrected chi connectivity index (χ1v) is 6.26. The molecule has 1 unspecified atom stereocenters. The van der Waals surface area contributed by atoms with Crippen molar-refractivity contribution < 1.29 is 4.79 Å². The summed E-state index contributed by atoms with van der Waals surface area (Å²) in [6.45, 7) is 3.88. The van der Waals surface area contributed by atoms with Crippen LogP contribution in [-0.4, -0.2) is 11.9 Å². The van der Waals surface area contributed by atoms with E-state index in [0.29, 0.717) is 22.2 Å². The standard InChI is InChI=1S/C12H13Cl2N3O/c1-7(11-2-3-12(18)15-11)16-17-10-5-8(13)4-9(14)6-10/h4-6,11,16-17H,1-3H2,(H,15,18). The van der Waals surface area contributed by atoms with E-state index in [4.69, 9.17) is 23.2 Å². The minimum absolute atomic E-state index is 0.0420. The van der Waals surface area contributed by atoms with E-state index in [2.05, 4.69) is 22.7 Å². The van der Waals surface area contributed by atoms with Crippen LogP contribution in [0.2, 0.25) is 10.0 Å². The Hall–Kier alpha value is -1.39. The van der Waals surface area contributed by atoms with Crippen LogP contribution in [0.15, 0.2) is 30.5 Å². The highest BCUT2D eigenvalue weighted by atomic mass is 35.5. The van der Waals surface area contributed by atoms with Gasteiger partial charge in [-0.1, -0.05) is 29.8 Å². The van der Waals surface area contributed by atoms with E-state index in [0.717, 1.165) is 12.1 Å². The number of hydrogen-bond acceptors (Lipinski definition) is 3. The Morgan fingerprint density at radius 2 is 2.00 bits per heavy atom. The molecule has 1 heterocycles. The summed E-state index contributed by atoms with van der Waals surface area (Å²) in [6.07, 6.45) is 1.29. The Morgan fingerprint density at radius 3 is 2.56 bits per heavy atom. The summed E-state index contributed by atoms with van der Waals surface area (Å²) in [5.41, 5.74) is 7.33. The Morgan fingerprint density at radius 1 is 1.33 bits per heavy atom. The van der Waals surface area contributed by atoms with Gasteiger partial charge in [0, 0.05) is 22.2 Å². The van der Waals surface area contributed by atoms with Gasteiger partial charge < -0.3 is 16.2 Å². The lowest BCUT2D eigenvalue weighted by atomic mass is 10.2. The van der Waals surface area contributed by atoms with Gasteiger partial charge in [0.1, 0.15) is 0 Å². The van der Waals surface area contributed by atoms with E-state index >= 15 is 0 Å². The lowest BCUT2D eigenvalue weighted by Crippen LogP contribution is -2.35. The van der Waals surface area contributed by atoms with Crippen LogP contribution in [0.5, 0.6) is 0 Å². The molecule has 96 valence electrons. The van der Waals surface area contributed by atoms with Gasteiger partial charge in [0.2, 0.25) is 5.91 Å². The minimum Gasteiger partial charge on any atom is -0.348 e. The molecule has 0 radical (unpaired) electrons. The smallest absolute Gasteiger partial charge is 0.220 e. The third-order valence-corrected chi connectivity index (χ3v) is 3.08. The van der Waals surface area contributed by atoms with Crippen LogP contribution in [0.25, 0.3) is 0 Å². The number of anilines is 1. The fourth-order valence-electron chi connectivity index (χ4n) is 1.74. The maximum absolute atomic E-state index is 11.1. The van der Waals surface area contributed by atoms with E-state index in [-0.39, 0.29) is 11.9 Å². The maximum atomic E-state index is 11.1. The molecule has 1 aliphatic heterocycles. The molecule has 1 atom stereocenters. The number of halogens is 2. The van der Waals surface area contributed by atoms with E-state index in [1.165, 1.54) is 0 Å². The minimum atomic E-state index is -0.0420. The molecule has 18 heavy (non-hydrogen) atoms. The molecule has 0 aliphatic carbocycles. The van der Waals surface area contributed by atoms with Crippen LogP contribution in [0.1, 0.15) is 12.8 Å². The van der Waals surface area contributed by atoms with Gasteiger partial charge in [-0.3, -0.25) is 4.79 Å². The molecule has 0 saturated carbocycles. The average molecular weight is 286 g/mol. The first kappa shape index (κ1) is 13.1. The second kappa shape index (κ2) is 5.50. The highest BCUT2D eigenvalue weighted by molar-refractivity contribution is 6.35. The van der Waals surface area contributed by atoms with Gasteiger partial charge in [0.25, 0.3) is 0 Å². The first-order valence-electron chi connectivity index (χ1n) is 5.51. The van der Waals surface area contributed by atoms with Crippen LogP contribution < -0.4 is 16.2 Å². The maximum Gasteiger partial charge on any atom is 0.220 e. The predicted molar refractivity (Wildman–Crippen MR) is 73.5 cm³/mol. The summed E-state index contributed by atoms with van der Waals surface area (Å²) in [5, 5.41) is 3.92. The molecule has 2 rings (SSSR count). The summed E-state index contributed by atoms with van der Waals surface area (Å²) in [6, 6.07) is 5.09. The summed E-state index contributed by atoms with van der Waals surface area (Å²) in [4.78, 5) is 11.1. The van der Waals surface area contributed by atoms with Gasteiger partial charge in [0.15, 0.2) is 0 Å². The average Bonchev–Trinajstić information content (AvgIpc) is 2.71. The number of carbonyl (C=O) groups is 1. The summed E-state index contributed by atoms with van der Waals surface area (Å²) >= 11 is 11.8. The molecule has 1 aliphatic rings. The number of amides is 1. The Labute approximate surface area is 115 Å². The molecule has 1 saturated heterocycles. The van der Waals surface area contributed by atoms with Gasteiger partial charge in [-0.15, -0.1) is 0 Å². The monoisotopic (exact) mass is 285 g/mol. The second-order valence-electron chi connectivity index (χ2n) is 4.09. The lowest BCUT2D eigenvalue weighted by Gasteiger charge is -2.17. The molecule has 4 nitrogen and oxygen atoms in total. The van der Waals surface area contributed by atoms with Crippen LogP contribution in [0, 0.1) is 0 Å². The van der Waals surface area contributed by atoms with Crippen LogP contribution in [0.3, 0.4) is 0 Å². The lowest BCUT2D eigenvalue weighted by molar-refractivity contribution is -0.119. The number of carbonyl (C=O) groups excluding carboxylic acids is 1.